The SMILES string of the molecule is CN(CC(F)F)C(=O)c1cc(S(=O)(=O)Cl)c[nH]1. The van der Waals surface area contributed by atoms with Crippen LogP contribution in [-0.2, 0) is 9.05 Å². The lowest BCUT2D eigenvalue weighted by atomic mass is 10.4. The highest BCUT2D eigenvalue weighted by Crippen LogP contribution is 2.16. The van der Waals surface area contributed by atoms with Gasteiger partial charge >= 0.3 is 0 Å². The average Bonchev–Trinajstić information content (AvgIpc) is 2.63. The molecule has 0 saturated heterocycles. The van der Waals surface area contributed by atoms with Crippen LogP contribution in [0.1, 0.15) is 10.5 Å². The largest absolute Gasteiger partial charge is 0.356 e. The molecule has 9 heteroatoms. The van der Waals surface area contributed by atoms with Crippen molar-refractivity contribution < 1.29 is 22.0 Å². The van der Waals surface area contributed by atoms with Crippen molar-refractivity contribution in [3.05, 3.63) is 18.0 Å². The fraction of sp³-hybridized carbons (Fsp3) is 0.375. The van der Waals surface area contributed by atoms with Gasteiger partial charge in [-0.25, -0.2) is 17.2 Å². The highest BCUT2D eigenvalue weighted by molar-refractivity contribution is 8.13. The Labute approximate surface area is 101 Å². The van der Waals surface area contributed by atoms with Crippen molar-refractivity contribution in [1.29, 1.82) is 0 Å². The first-order chi connectivity index (χ1) is 7.71. The first-order valence-electron chi connectivity index (χ1n) is 4.38. The van der Waals surface area contributed by atoms with E-state index in [0.29, 0.717) is 0 Å². The zero-order valence-corrected chi connectivity index (χ0v) is 10.2. The third kappa shape index (κ3) is 3.67. The Morgan fingerprint density at radius 2 is 2.18 bits per heavy atom. The molecule has 5 nitrogen and oxygen atoms in total. The summed E-state index contributed by atoms with van der Waals surface area (Å²) >= 11 is 0. The number of amides is 1. The molecule has 1 N–H and O–H groups in total. The molecule has 0 aliphatic heterocycles. The smallest absolute Gasteiger partial charge is 0.270 e. The van der Waals surface area contributed by atoms with Crippen LogP contribution in [0.4, 0.5) is 8.78 Å². The minimum atomic E-state index is -3.94. The molecular weight excluding hydrogens is 278 g/mol. The van der Waals surface area contributed by atoms with Gasteiger partial charge < -0.3 is 9.88 Å². The van der Waals surface area contributed by atoms with Crippen molar-refractivity contribution in [1.82, 2.24) is 9.88 Å². The topological polar surface area (TPSA) is 70.2 Å². The highest BCUT2D eigenvalue weighted by atomic mass is 35.7. The molecular formula is C8H9ClF2N2O3S. The monoisotopic (exact) mass is 286 g/mol. The third-order valence-electron chi connectivity index (χ3n) is 1.93. The molecule has 0 fully saturated rings. The molecule has 17 heavy (non-hydrogen) atoms. The van der Waals surface area contributed by atoms with Crippen LogP contribution < -0.4 is 0 Å². The summed E-state index contributed by atoms with van der Waals surface area (Å²) in [6.07, 6.45) is -1.64. The zero-order chi connectivity index (χ0) is 13.2. The van der Waals surface area contributed by atoms with Gasteiger partial charge in [-0.15, -0.1) is 0 Å². The van der Waals surface area contributed by atoms with E-state index in [4.69, 9.17) is 10.7 Å². The van der Waals surface area contributed by atoms with E-state index >= 15 is 0 Å². The molecule has 0 bridgehead atoms. The Hall–Kier alpha value is -1.15. The Morgan fingerprint density at radius 3 is 2.59 bits per heavy atom. The second-order valence-corrected chi connectivity index (χ2v) is 5.83. The Kier molecular flexibility index (Phi) is 4.10. The fourth-order valence-electron chi connectivity index (χ4n) is 1.13. The van der Waals surface area contributed by atoms with E-state index in [2.05, 4.69) is 4.98 Å². The van der Waals surface area contributed by atoms with E-state index < -0.39 is 27.9 Å². The van der Waals surface area contributed by atoms with Crippen LogP contribution in [0.5, 0.6) is 0 Å². The van der Waals surface area contributed by atoms with Crippen LogP contribution in [0.2, 0.25) is 0 Å². The van der Waals surface area contributed by atoms with E-state index in [1.54, 1.807) is 0 Å². The lowest BCUT2D eigenvalue weighted by molar-refractivity contribution is 0.0616. The van der Waals surface area contributed by atoms with E-state index in [9.17, 15) is 22.0 Å². The lowest BCUT2D eigenvalue weighted by Crippen LogP contribution is -2.31. The summed E-state index contributed by atoms with van der Waals surface area (Å²) in [6, 6.07) is 0.993. The third-order valence-corrected chi connectivity index (χ3v) is 3.26. The molecule has 0 aliphatic carbocycles. The summed E-state index contributed by atoms with van der Waals surface area (Å²) in [6.45, 7) is -0.735. The number of hydrogen-bond acceptors (Lipinski definition) is 3. The Balaban J connectivity index is 2.88. The number of aromatic nitrogens is 1. The molecule has 1 heterocycles. The number of carbonyl (C=O) groups is 1. The van der Waals surface area contributed by atoms with Crippen LogP contribution in [0.3, 0.4) is 0 Å². The van der Waals surface area contributed by atoms with Crippen molar-refractivity contribution in [3.8, 4) is 0 Å². The predicted octanol–water partition coefficient (Wildman–Crippen LogP) is 1.28. The molecule has 0 aliphatic rings. The van der Waals surface area contributed by atoms with Gasteiger partial charge in [0.15, 0.2) is 0 Å². The maximum atomic E-state index is 12.0. The fourth-order valence-corrected chi connectivity index (χ4v) is 1.86. The van der Waals surface area contributed by atoms with Crippen molar-refractivity contribution in [3.63, 3.8) is 0 Å². The van der Waals surface area contributed by atoms with E-state index in [-0.39, 0.29) is 10.6 Å². The van der Waals surface area contributed by atoms with Gasteiger partial charge in [0.2, 0.25) is 0 Å². The van der Waals surface area contributed by atoms with Crippen LogP contribution in [-0.4, -0.2) is 44.2 Å². The molecule has 0 saturated carbocycles. The van der Waals surface area contributed by atoms with Gasteiger partial charge in [0, 0.05) is 23.9 Å². The first-order valence-corrected chi connectivity index (χ1v) is 6.69. The average molecular weight is 287 g/mol. The summed E-state index contributed by atoms with van der Waals surface area (Å²) in [5, 5.41) is 0. The second kappa shape index (κ2) is 5.01. The molecule has 1 amide bonds. The number of hydrogen-bond donors (Lipinski definition) is 1. The summed E-state index contributed by atoms with van der Waals surface area (Å²) in [5.41, 5.74) is -0.118. The van der Waals surface area contributed by atoms with Gasteiger partial charge in [-0.3, -0.25) is 4.79 Å². The zero-order valence-electron chi connectivity index (χ0n) is 8.65. The first kappa shape index (κ1) is 13.9. The number of halogens is 3. The number of nitrogens with zero attached hydrogens (tertiary/aromatic N) is 1. The van der Waals surface area contributed by atoms with Gasteiger partial charge in [-0.05, 0) is 6.07 Å². The van der Waals surface area contributed by atoms with E-state index in [1.165, 1.54) is 7.05 Å². The molecule has 0 spiro atoms. The quantitative estimate of drug-likeness (QED) is 0.848. The second-order valence-electron chi connectivity index (χ2n) is 3.26. The minimum absolute atomic E-state index is 0.118. The Bertz CT molecular complexity index is 515. The number of aromatic amines is 1. The van der Waals surface area contributed by atoms with Crippen LogP contribution >= 0.6 is 10.7 Å². The van der Waals surface area contributed by atoms with E-state index in [1.807, 2.05) is 0 Å². The van der Waals surface area contributed by atoms with Crippen molar-refractivity contribution in [2.24, 2.45) is 0 Å². The number of nitrogens with one attached hydrogen (secondary N) is 1. The number of rotatable bonds is 4. The summed E-state index contributed by atoms with van der Waals surface area (Å²) < 4.78 is 45.9. The molecule has 0 atom stereocenters. The molecule has 1 aromatic heterocycles. The van der Waals surface area contributed by atoms with Gasteiger partial charge in [0.05, 0.1) is 6.54 Å². The van der Waals surface area contributed by atoms with Gasteiger partial charge in [-0.1, -0.05) is 0 Å². The maximum absolute atomic E-state index is 12.0. The normalized spacial score (nSPS) is 11.8. The number of alkyl halides is 2. The lowest BCUT2D eigenvalue weighted by Gasteiger charge is -2.15. The van der Waals surface area contributed by atoms with Gasteiger partial charge in [-0.2, -0.15) is 0 Å². The molecule has 1 aromatic rings. The minimum Gasteiger partial charge on any atom is -0.356 e. The highest BCUT2D eigenvalue weighted by Gasteiger charge is 2.20. The van der Waals surface area contributed by atoms with Crippen molar-refractivity contribution >= 4 is 25.6 Å². The van der Waals surface area contributed by atoms with Gasteiger partial charge in [0.25, 0.3) is 21.4 Å². The maximum Gasteiger partial charge on any atom is 0.270 e. The summed E-state index contributed by atoms with van der Waals surface area (Å²) in [5.74, 6) is -0.739. The molecule has 1 rings (SSSR count). The van der Waals surface area contributed by atoms with Crippen LogP contribution in [0, 0.1) is 0 Å². The number of carbonyl (C=O) groups excluding carboxylic acids is 1. The van der Waals surface area contributed by atoms with E-state index in [0.717, 1.165) is 17.2 Å². The van der Waals surface area contributed by atoms with Gasteiger partial charge in [0.1, 0.15) is 10.6 Å². The number of H-pyrrole nitrogens is 1. The molecule has 0 aromatic carbocycles. The van der Waals surface area contributed by atoms with Crippen molar-refractivity contribution in [2.75, 3.05) is 13.6 Å². The molecule has 96 valence electrons. The predicted molar refractivity (Wildman–Crippen MR) is 56.8 cm³/mol. The Morgan fingerprint density at radius 1 is 1.59 bits per heavy atom. The van der Waals surface area contributed by atoms with Crippen molar-refractivity contribution in [2.45, 2.75) is 11.3 Å². The molecule has 0 unspecified atom stereocenters. The summed E-state index contributed by atoms with van der Waals surface area (Å²) in [4.78, 5) is 14.4. The standard InChI is InChI=1S/C8H9ClF2N2O3S/c1-13(4-7(10)11)8(14)6-2-5(3-12-6)17(9,15)16/h2-3,7,12H,4H2,1H3. The van der Waals surface area contributed by atoms with Crippen LogP contribution in [0.25, 0.3) is 0 Å². The summed E-state index contributed by atoms with van der Waals surface area (Å²) in [7, 11) is 2.29. The van der Waals surface area contributed by atoms with Crippen LogP contribution in [0.15, 0.2) is 17.2 Å². The molecule has 0 radical (unpaired) electrons.